The van der Waals surface area contributed by atoms with Gasteiger partial charge in [-0.3, -0.25) is 9.29 Å². The van der Waals surface area contributed by atoms with Crippen molar-refractivity contribution in [3.63, 3.8) is 0 Å². The monoisotopic (exact) mass is 483 g/mol. The highest BCUT2D eigenvalue weighted by molar-refractivity contribution is 7.89. The number of nitrogens with one attached hydrogen (secondary N) is 1. The van der Waals surface area contributed by atoms with Crippen molar-refractivity contribution in [1.82, 2.24) is 14.2 Å². The Morgan fingerprint density at radius 3 is 2.59 bits per heavy atom. The summed E-state index contributed by atoms with van der Waals surface area (Å²) >= 11 is -1.11. The summed E-state index contributed by atoms with van der Waals surface area (Å²) in [6.07, 6.45) is 0.870. The smallest absolute Gasteiger partial charge is 0.130 e. The van der Waals surface area contributed by atoms with Gasteiger partial charge in [0.05, 0.1) is 12.7 Å². The van der Waals surface area contributed by atoms with Gasteiger partial charge in [-0.2, -0.15) is 0 Å². The Hall–Kier alpha value is -2.06. The van der Waals surface area contributed by atoms with Gasteiger partial charge in [0.1, 0.15) is 23.6 Å². The number of hydrogen-bond donors (Lipinski definition) is 1. The van der Waals surface area contributed by atoms with Crippen LogP contribution in [0.4, 0.5) is 4.39 Å². The Morgan fingerprint density at radius 2 is 1.88 bits per heavy atom. The van der Waals surface area contributed by atoms with Gasteiger partial charge in [0.2, 0.25) is 0 Å². The maximum Gasteiger partial charge on any atom is 0.130 e. The number of benzene rings is 2. The summed E-state index contributed by atoms with van der Waals surface area (Å²) in [6.45, 7) is 9.06. The molecule has 1 saturated heterocycles. The van der Waals surface area contributed by atoms with E-state index in [0.717, 1.165) is 48.6 Å². The number of aromatic amines is 1. The van der Waals surface area contributed by atoms with Crippen LogP contribution in [0.1, 0.15) is 43.6 Å². The van der Waals surface area contributed by atoms with Gasteiger partial charge in [-0.05, 0) is 56.5 Å². The first kappa shape index (κ1) is 23.7. The van der Waals surface area contributed by atoms with Crippen LogP contribution in [0.2, 0.25) is 0 Å². The lowest BCUT2D eigenvalue weighted by atomic mass is 9.91. The zero-order valence-electron chi connectivity index (χ0n) is 20.2. The second-order valence-electron chi connectivity index (χ2n) is 9.90. The zero-order chi connectivity index (χ0) is 23.8. The summed E-state index contributed by atoms with van der Waals surface area (Å²) in [4.78, 5) is 5.87. The SMILES string of the molecule is CC(C)[S@+]([O-])N1[C@H](c2ccc(OCCN3CC(CF)C3)cc2)c2[nH]c3ccccc3c2C[C@H]1C. The Morgan fingerprint density at radius 1 is 1.15 bits per heavy atom. The maximum absolute atomic E-state index is 13.4. The Bertz CT molecular complexity index is 1110. The molecule has 34 heavy (non-hydrogen) atoms. The van der Waals surface area contributed by atoms with Crippen LogP contribution in [0.15, 0.2) is 48.5 Å². The molecule has 0 saturated carbocycles. The number of aromatic nitrogens is 1. The minimum absolute atomic E-state index is 0.0389. The highest BCUT2D eigenvalue weighted by Gasteiger charge is 2.43. The fourth-order valence-electron chi connectivity index (χ4n) is 5.28. The van der Waals surface area contributed by atoms with E-state index in [4.69, 9.17) is 4.74 Å². The second kappa shape index (κ2) is 9.90. The van der Waals surface area contributed by atoms with Crippen molar-refractivity contribution < 1.29 is 13.7 Å². The van der Waals surface area contributed by atoms with Crippen LogP contribution in [0.5, 0.6) is 5.75 Å². The largest absolute Gasteiger partial charge is 0.598 e. The van der Waals surface area contributed by atoms with Crippen LogP contribution in [0.3, 0.4) is 0 Å². The third kappa shape index (κ3) is 4.47. The molecule has 3 atom stereocenters. The van der Waals surface area contributed by atoms with Crippen molar-refractivity contribution in [2.75, 3.05) is 32.9 Å². The van der Waals surface area contributed by atoms with E-state index in [1.807, 2.05) is 26.0 Å². The molecule has 0 bridgehead atoms. The van der Waals surface area contributed by atoms with Crippen molar-refractivity contribution in [1.29, 1.82) is 0 Å². The molecule has 3 aromatic rings. The summed E-state index contributed by atoms with van der Waals surface area (Å²) in [7, 11) is 0. The number of H-pyrrole nitrogens is 1. The first-order valence-electron chi connectivity index (χ1n) is 12.3. The molecule has 2 aliphatic rings. The van der Waals surface area contributed by atoms with Gasteiger partial charge in [-0.15, -0.1) is 4.31 Å². The lowest BCUT2D eigenvalue weighted by molar-refractivity contribution is 0.0668. The van der Waals surface area contributed by atoms with Crippen LogP contribution in [0.25, 0.3) is 10.9 Å². The van der Waals surface area contributed by atoms with E-state index in [1.54, 1.807) is 0 Å². The van der Waals surface area contributed by atoms with Gasteiger partial charge in [0, 0.05) is 53.5 Å². The van der Waals surface area contributed by atoms with E-state index in [9.17, 15) is 8.94 Å². The van der Waals surface area contributed by atoms with E-state index >= 15 is 0 Å². The molecule has 5 rings (SSSR count). The number of rotatable bonds is 8. The van der Waals surface area contributed by atoms with Crippen molar-refractivity contribution >= 4 is 22.3 Å². The quantitative estimate of drug-likeness (QED) is 0.465. The van der Waals surface area contributed by atoms with Gasteiger partial charge in [-0.1, -0.05) is 30.3 Å². The summed E-state index contributed by atoms with van der Waals surface area (Å²) in [5.41, 5.74) is 4.70. The molecular weight excluding hydrogens is 449 g/mol. The Labute approximate surface area is 204 Å². The fraction of sp³-hybridized carbons (Fsp3) is 0.481. The molecule has 1 aromatic heterocycles. The molecule has 0 unspecified atom stereocenters. The standard InChI is InChI=1S/C27H34FN3O2S/c1-18(2)34(32)31-19(3)14-24-23-6-4-5-7-25(23)29-26(24)27(31)21-8-10-22(11-9-21)33-13-12-30-16-20(15-28)17-30/h4-11,18-20,27,29H,12-17H2,1-3H3/t19-,27-,34+/m1/s1. The lowest BCUT2D eigenvalue weighted by Crippen LogP contribution is -2.49. The van der Waals surface area contributed by atoms with Crippen LogP contribution >= 0.6 is 0 Å². The molecule has 0 spiro atoms. The van der Waals surface area contributed by atoms with Crippen molar-refractivity contribution in [3.8, 4) is 5.75 Å². The molecule has 0 amide bonds. The maximum atomic E-state index is 13.4. The summed E-state index contributed by atoms with van der Waals surface area (Å²) < 4.78 is 34.2. The molecule has 0 aliphatic carbocycles. The average molecular weight is 484 g/mol. The van der Waals surface area contributed by atoms with Gasteiger partial charge in [-0.25, -0.2) is 0 Å². The van der Waals surface area contributed by atoms with E-state index in [1.165, 1.54) is 10.9 Å². The summed E-state index contributed by atoms with van der Waals surface area (Å²) in [6, 6.07) is 16.7. The molecule has 2 aromatic carbocycles. The number of likely N-dealkylation sites (tertiary alicyclic amines) is 1. The first-order valence-corrected chi connectivity index (χ1v) is 13.4. The number of ether oxygens (including phenoxy) is 1. The van der Waals surface area contributed by atoms with Gasteiger partial charge >= 0.3 is 0 Å². The minimum atomic E-state index is -1.11. The number of alkyl halides is 1. The van der Waals surface area contributed by atoms with E-state index in [-0.39, 0.29) is 29.9 Å². The molecule has 3 heterocycles. The Balaban J connectivity index is 1.39. The third-order valence-electron chi connectivity index (χ3n) is 7.04. The molecule has 1 N–H and O–H groups in total. The first-order chi connectivity index (χ1) is 16.5. The topological polar surface area (TPSA) is 54.6 Å². The minimum Gasteiger partial charge on any atom is -0.598 e. The second-order valence-corrected chi connectivity index (χ2v) is 11.8. The van der Waals surface area contributed by atoms with Crippen molar-refractivity contribution in [2.45, 2.75) is 44.5 Å². The molecule has 182 valence electrons. The number of para-hydroxylation sites is 1. The van der Waals surface area contributed by atoms with Crippen LogP contribution in [0, 0.1) is 5.92 Å². The predicted molar refractivity (Wildman–Crippen MR) is 136 cm³/mol. The van der Waals surface area contributed by atoms with Gasteiger partial charge in [0.15, 0.2) is 0 Å². The molecule has 2 aliphatic heterocycles. The highest BCUT2D eigenvalue weighted by atomic mass is 32.2. The third-order valence-corrected chi connectivity index (χ3v) is 8.84. The predicted octanol–water partition coefficient (Wildman–Crippen LogP) is 4.86. The fourth-order valence-corrected chi connectivity index (χ4v) is 6.63. The molecule has 1 fully saturated rings. The summed E-state index contributed by atoms with van der Waals surface area (Å²) in [5.74, 6) is 1.02. The number of fused-ring (bicyclic) bond motifs is 3. The van der Waals surface area contributed by atoms with Crippen molar-refractivity contribution in [3.05, 3.63) is 65.4 Å². The van der Waals surface area contributed by atoms with E-state index in [2.05, 4.69) is 57.5 Å². The normalized spacial score (nSPS) is 22.6. The Kier molecular flexibility index (Phi) is 6.89. The number of nitrogens with zero attached hydrogens (tertiary/aromatic N) is 2. The van der Waals surface area contributed by atoms with E-state index < -0.39 is 11.4 Å². The average Bonchev–Trinajstić information content (AvgIpc) is 3.17. The molecule has 7 heteroatoms. The van der Waals surface area contributed by atoms with E-state index in [0.29, 0.717) is 6.61 Å². The van der Waals surface area contributed by atoms with Crippen LogP contribution in [-0.2, 0) is 17.8 Å². The lowest BCUT2D eigenvalue weighted by Gasteiger charge is -2.41. The number of halogens is 1. The molecule has 5 nitrogen and oxygen atoms in total. The van der Waals surface area contributed by atoms with Crippen LogP contribution in [-0.4, -0.2) is 62.9 Å². The van der Waals surface area contributed by atoms with Gasteiger partial charge in [0.25, 0.3) is 0 Å². The molecule has 0 radical (unpaired) electrons. The van der Waals surface area contributed by atoms with Gasteiger partial charge < -0.3 is 14.3 Å². The zero-order valence-corrected chi connectivity index (χ0v) is 21.0. The highest BCUT2D eigenvalue weighted by Crippen LogP contribution is 2.43. The van der Waals surface area contributed by atoms with Crippen LogP contribution < -0.4 is 4.74 Å². The number of hydrogen-bond acceptors (Lipinski definition) is 4. The van der Waals surface area contributed by atoms with Crippen molar-refractivity contribution in [2.24, 2.45) is 5.92 Å². The molecular formula is C27H34FN3O2S. The summed E-state index contributed by atoms with van der Waals surface area (Å²) in [5, 5.41) is 1.29.